The van der Waals surface area contributed by atoms with Gasteiger partial charge in [0, 0.05) is 22.0 Å². The Morgan fingerprint density at radius 2 is 2.11 bits per heavy atom. The lowest BCUT2D eigenvalue weighted by molar-refractivity contribution is 0.0938. The van der Waals surface area contributed by atoms with Gasteiger partial charge in [-0.1, -0.05) is 15.9 Å². The quantitative estimate of drug-likeness (QED) is 0.821. The van der Waals surface area contributed by atoms with Gasteiger partial charge < -0.3 is 5.32 Å². The van der Waals surface area contributed by atoms with Gasteiger partial charge in [0.25, 0.3) is 5.91 Å². The molecule has 0 aromatic carbocycles. The minimum absolute atomic E-state index is 0.0940. The molecule has 1 aromatic rings. The number of amides is 1. The molecular weight excluding hydrogens is 360 g/mol. The highest BCUT2D eigenvalue weighted by Crippen LogP contribution is 2.28. The van der Waals surface area contributed by atoms with E-state index in [2.05, 4.69) is 42.2 Å². The molecule has 0 aliphatic heterocycles. The average molecular weight is 376 g/mol. The van der Waals surface area contributed by atoms with E-state index >= 15 is 0 Å². The summed E-state index contributed by atoms with van der Waals surface area (Å²) in [6, 6.07) is 3.64. The number of aromatic nitrogens is 1. The number of alkyl halides is 1. The number of rotatable bonds is 3. The highest BCUT2D eigenvalue weighted by molar-refractivity contribution is 9.10. The zero-order chi connectivity index (χ0) is 13.0. The van der Waals surface area contributed by atoms with E-state index in [4.69, 9.17) is 0 Å². The van der Waals surface area contributed by atoms with Crippen LogP contribution in [-0.2, 0) is 0 Å². The molecule has 0 saturated heterocycles. The lowest BCUT2D eigenvalue weighted by Crippen LogP contribution is -2.32. The van der Waals surface area contributed by atoms with Gasteiger partial charge in [-0.3, -0.25) is 4.79 Å². The van der Waals surface area contributed by atoms with Crippen LogP contribution in [0.2, 0.25) is 0 Å². The number of carbonyl (C=O) groups excluding carboxylic acids is 1. The molecule has 1 N–H and O–H groups in total. The van der Waals surface area contributed by atoms with Crippen molar-refractivity contribution >= 4 is 37.8 Å². The summed E-state index contributed by atoms with van der Waals surface area (Å²) in [5.41, 5.74) is 0.465. The standard InChI is InChI=1S/C13H16Br2N2O/c14-10-5-3-9(4-6-10)8-17-13(18)12-11(15)2-1-7-16-12/h1-2,7,9-10H,3-6,8H2,(H,17,18). The Morgan fingerprint density at radius 1 is 1.39 bits per heavy atom. The molecule has 1 aliphatic rings. The molecule has 1 fully saturated rings. The Kier molecular flexibility index (Phi) is 5.18. The molecule has 1 heterocycles. The number of hydrogen-bond donors (Lipinski definition) is 1. The highest BCUT2D eigenvalue weighted by Gasteiger charge is 2.20. The summed E-state index contributed by atoms with van der Waals surface area (Å²) in [4.78, 5) is 16.7. The number of carbonyl (C=O) groups is 1. The molecule has 98 valence electrons. The van der Waals surface area contributed by atoms with Crippen LogP contribution in [0.4, 0.5) is 0 Å². The number of nitrogens with zero attached hydrogens (tertiary/aromatic N) is 1. The first-order valence-corrected chi connectivity index (χ1v) is 7.90. The lowest BCUT2D eigenvalue weighted by atomic mass is 9.89. The predicted octanol–water partition coefficient (Wildman–Crippen LogP) is 3.53. The normalized spacial score (nSPS) is 23.7. The third-order valence-corrected chi connectivity index (χ3v) is 4.86. The fourth-order valence-corrected chi connectivity index (χ4v) is 3.16. The molecule has 5 heteroatoms. The fraction of sp³-hybridized carbons (Fsp3) is 0.538. The summed E-state index contributed by atoms with van der Waals surface area (Å²) in [5.74, 6) is 0.508. The van der Waals surface area contributed by atoms with Crippen LogP contribution in [0.1, 0.15) is 36.2 Å². The molecule has 1 aliphatic carbocycles. The molecule has 3 nitrogen and oxygen atoms in total. The van der Waals surface area contributed by atoms with Crippen LogP contribution < -0.4 is 5.32 Å². The van der Waals surface area contributed by atoms with E-state index in [0.717, 1.165) is 11.0 Å². The Morgan fingerprint density at radius 3 is 2.78 bits per heavy atom. The maximum atomic E-state index is 12.0. The third kappa shape index (κ3) is 3.79. The average Bonchev–Trinajstić information content (AvgIpc) is 2.38. The van der Waals surface area contributed by atoms with E-state index in [1.54, 1.807) is 12.3 Å². The van der Waals surface area contributed by atoms with Crippen molar-refractivity contribution in [3.63, 3.8) is 0 Å². The largest absolute Gasteiger partial charge is 0.350 e. The van der Waals surface area contributed by atoms with Crippen LogP contribution in [0.25, 0.3) is 0 Å². The molecule has 2 rings (SSSR count). The van der Waals surface area contributed by atoms with Crippen molar-refractivity contribution in [1.29, 1.82) is 0 Å². The number of hydrogen-bond acceptors (Lipinski definition) is 2. The highest BCUT2D eigenvalue weighted by atomic mass is 79.9. The number of halogens is 2. The van der Waals surface area contributed by atoms with Crippen molar-refractivity contribution in [3.05, 3.63) is 28.5 Å². The first kappa shape index (κ1) is 14.0. The van der Waals surface area contributed by atoms with Gasteiger partial charge in [0.15, 0.2) is 0 Å². The van der Waals surface area contributed by atoms with E-state index in [1.807, 2.05) is 6.07 Å². The van der Waals surface area contributed by atoms with Crippen molar-refractivity contribution in [2.24, 2.45) is 5.92 Å². The molecule has 0 atom stereocenters. The first-order chi connectivity index (χ1) is 8.66. The summed E-state index contributed by atoms with van der Waals surface area (Å²) in [6.45, 7) is 0.752. The Bertz CT molecular complexity index is 417. The number of nitrogens with one attached hydrogen (secondary N) is 1. The van der Waals surface area contributed by atoms with Gasteiger partial charge in [0.2, 0.25) is 0 Å². The van der Waals surface area contributed by atoms with Crippen molar-refractivity contribution in [1.82, 2.24) is 10.3 Å². The molecule has 0 radical (unpaired) electrons. The molecular formula is C13H16Br2N2O. The monoisotopic (exact) mass is 374 g/mol. The minimum atomic E-state index is -0.0940. The van der Waals surface area contributed by atoms with Gasteiger partial charge in [-0.25, -0.2) is 4.98 Å². The summed E-state index contributed by atoms with van der Waals surface area (Å²) in [6.07, 6.45) is 6.40. The topological polar surface area (TPSA) is 42.0 Å². The molecule has 18 heavy (non-hydrogen) atoms. The predicted molar refractivity (Wildman–Crippen MR) is 78.9 cm³/mol. The van der Waals surface area contributed by atoms with Gasteiger partial charge in [-0.15, -0.1) is 0 Å². The fourth-order valence-electron chi connectivity index (χ4n) is 2.20. The summed E-state index contributed by atoms with van der Waals surface area (Å²) in [5, 5.41) is 2.98. The van der Waals surface area contributed by atoms with Gasteiger partial charge in [0.1, 0.15) is 5.69 Å². The molecule has 1 aromatic heterocycles. The summed E-state index contributed by atoms with van der Waals surface area (Å²) in [7, 11) is 0. The van der Waals surface area contributed by atoms with Gasteiger partial charge >= 0.3 is 0 Å². The second kappa shape index (κ2) is 6.66. The molecule has 0 spiro atoms. The van der Waals surface area contributed by atoms with E-state index < -0.39 is 0 Å². The number of pyridine rings is 1. The van der Waals surface area contributed by atoms with Gasteiger partial charge in [0.05, 0.1) is 0 Å². The Balaban J connectivity index is 1.84. The van der Waals surface area contributed by atoms with Crippen molar-refractivity contribution < 1.29 is 4.79 Å². The maximum absolute atomic E-state index is 12.0. The molecule has 1 amide bonds. The van der Waals surface area contributed by atoms with E-state index in [9.17, 15) is 4.79 Å². The molecule has 0 bridgehead atoms. The van der Waals surface area contributed by atoms with E-state index in [0.29, 0.717) is 16.4 Å². The van der Waals surface area contributed by atoms with Crippen LogP contribution >= 0.6 is 31.9 Å². The van der Waals surface area contributed by atoms with E-state index in [1.165, 1.54) is 25.7 Å². The zero-order valence-corrected chi connectivity index (χ0v) is 13.2. The third-order valence-electron chi connectivity index (χ3n) is 3.30. The van der Waals surface area contributed by atoms with Crippen LogP contribution in [0.5, 0.6) is 0 Å². The smallest absolute Gasteiger partial charge is 0.271 e. The first-order valence-electron chi connectivity index (χ1n) is 6.19. The van der Waals surface area contributed by atoms with Crippen LogP contribution in [0, 0.1) is 5.92 Å². The molecule has 0 unspecified atom stereocenters. The van der Waals surface area contributed by atoms with Crippen molar-refractivity contribution in [2.75, 3.05) is 6.54 Å². The summed E-state index contributed by atoms with van der Waals surface area (Å²) >= 11 is 6.98. The summed E-state index contributed by atoms with van der Waals surface area (Å²) < 4.78 is 0.742. The van der Waals surface area contributed by atoms with Gasteiger partial charge in [-0.05, 0) is 59.7 Å². The molecule has 1 saturated carbocycles. The van der Waals surface area contributed by atoms with Crippen molar-refractivity contribution in [3.8, 4) is 0 Å². The minimum Gasteiger partial charge on any atom is -0.350 e. The van der Waals surface area contributed by atoms with Crippen molar-refractivity contribution in [2.45, 2.75) is 30.5 Å². The van der Waals surface area contributed by atoms with E-state index in [-0.39, 0.29) is 5.91 Å². The van der Waals surface area contributed by atoms with Crippen LogP contribution in [0.15, 0.2) is 22.8 Å². The SMILES string of the molecule is O=C(NCC1CCC(Br)CC1)c1ncccc1Br. The maximum Gasteiger partial charge on any atom is 0.271 e. The second-order valence-corrected chi connectivity index (χ2v) is 6.81. The Labute approximate surface area is 124 Å². The van der Waals surface area contributed by atoms with Crippen LogP contribution in [0.3, 0.4) is 0 Å². The second-order valence-electron chi connectivity index (χ2n) is 4.66. The lowest BCUT2D eigenvalue weighted by Gasteiger charge is -2.25. The van der Waals surface area contributed by atoms with Gasteiger partial charge in [-0.2, -0.15) is 0 Å². The zero-order valence-electron chi connectivity index (χ0n) is 10.0. The van der Waals surface area contributed by atoms with Crippen LogP contribution in [-0.4, -0.2) is 22.3 Å². The Hall–Kier alpha value is -0.420.